The smallest absolute Gasteiger partial charge is 0.222 e. The van der Waals surface area contributed by atoms with Gasteiger partial charge in [-0.15, -0.1) is 0 Å². The number of hydrogen-bond acceptors (Lipinski definition) is 6. The van der Waals surface area contributed by atoms with Gasteiger partial charge in [-0.3, -0.25) is 4.79 Å². The lowest BCUT2D eigenvalue weighted by atomic mass is 9.98. The summed E-state index contributed by atoms with van der Waals surface area (Å²) < 4.78 is 5.28. The summed E-state index contributed by atoms with van der Waals surface area (Å²) >= 11 is 0. The van der Waals surface area contributed by atoms with Crippen LogP contribution in [0.2, 0.25) is 0 Å². The van der Waals surface area contributed by atoms with Crippen LogP contribution in [0.25, 0.3) is 0 Å². The van der Waals surface area contributed by atoms with E-state index >= 15 is 0 Å². The predicted octanol–water partition coefficient (Wildman–Crippen LogP) is 2.94. The molecule has 0 bridgehead atoms. The molecule has 0 radical (unpaired) electrons. The van der Waals surface area contributed by atoms with E-state index < -0.39 is 37.3 Å². The van der Waals surface area contributed by atoms with E-state index in [2.05, 4.69) is 24.4 Å². The molecule has 1 fully saturated rings. The summed E-state index contributed by atoms with van der Waals surface area (Å²) in [6, 6.07) is 0. The van der Waals surface area contributed by atoms with Crippen molar-refractivity contribution in [1.82, 2.24) is 5.32 Å². The molecule has 1 unspecified atom stereocenters. The fourth-order valence-corrected chi connectivity index (χ4v) is 3.81. The summed E-state index contributed by atoms with van der Waals surface area (Å²) in [5, 5.41) is 41.2. The molecular formula is C24H45NO6. The molecule has 0 aromatic carbocycles. The maximum absolute atomic E-state index is 12.1. The number of aliphatic hydroxyl groups excluding tert-OH is 4. The first-order valence-corrected chi connectivity index (χ1v) is 12.3. The Labute approximate surface area is 187 Å². The van der Waals surface area contributed by atoms with Crippen molar-refractivity contribution in [2.24, 2.45) is 0 Å². The number of carbonyl (C=O) groups is 1. The van der Waals surface area contributed by atoms with Crippen molar-refractivity contribution in [3.63, 3.8) is 0 Å². The van der Waals surface area contributed by atoms with Gasteiger partial charge in [-0.25, -0.2) is 0 Å². The van der Waals surface area contributed by atoms with Crippen molar-refractivity contribution in [1.29, 1.82) is 0 Å². The summed E-state index contributed by atoms with van der Waals surface area (Å²) in [5.41, 5.74) is 0. The fourth-order valence-electron chi connectivity index (χ4n) is 3.81. The van der Waals surface area contributed by atoms with Crippen LogP contribution >= 0.6 is 0 Å². The number of unbranched alkanes of at least 4 members (excludes halogenated alkanes) is 11. The summed E-state index contributed by atoms with van der Waals surface area (Å²) in [5.74, 6) is -0.272. The van der Waals surface area contributed by atoms with E-state index in [0.717, 1.165) is 19.3 Å². The van der Waals surface area contributed by atoms with E-state index in [-0.39, 0.29) is 5.91 Å². The van der Waals surface area contributed by atoms with Gasteiger partial charge < -0.3 is 30.5 Å². The molecule has 182 valence electrons. The van der Waals surface area contributed by atoms with Crippen LogP contribution < -0.4 is 5.32 Å². The van der Waals surface area contributed by atoms with E-state index in [1.807, 2.05) is 0 Å². The number of carbonyl (C=O) groups excluding carboxylic acids is 1. The van der Waals surface area contributed by atoms with E-state index in [1.165, 1.54) is 64.2 Å². The zero-order chi connectivity index (χ0) is 22.9. The van der Waals surface area contributed by atoms with Gasteiger partial charge in [-0.1, -0.05) is 70.4 Å². The molecule has 0 saturated carbocycles. The molecule has 5 N–H and O–H groups in total. The minimum absolute atomic E-state index is 0.272. The molecule has 0 aromatic rings. The number of aliphatic hydroxyl groups is 4. The van der Waals surface area contributed by atoms with E-state index in [4.69, 9.17) is 4.74 Å². The van der Waals surface area contributed by atoms with Crippen molar-refractivity contribution in [2.75, 3.05) is 6.61 Å². The third-order valence-corrected chi connectivity index (χ3v) is 5.86. The van der Waals surface area contributed by atoms with Crippen molar-refractivity contribution in [2.45, 2.75) is 127 Å². The average Bonchev–Trinajstić information content (AvgIpc) is 2.76. The summed E-state index contributed by atoms with van der Waals surface area (Å²) in [4.78, 5) is 12.1. The number of ether oxygens (including phenoxy) is 1. The third kappa shape index (κ3) is 12.0. The molecule has 7 nitrogen and oxygen atoms in total. The fraction of sp³-hybridized carbons (Fsp3) is 0.875. The van der Waals surface area contributed by atoms with Crippen LogP contribution in [0.4, 0.5) is 0 Å². The largest absolute Gasteiger partial charge is 0.394 e. The lowest BCUT2D eigenvalue weighted by Gasteiger charge is -2.40. The van der Waals surface area contributed by atoms with Crippen LogP contribution in [0.3, 0.4) is 0 Å². The second-order valence-corrected chi connectivity index (χ2v) is 8.65. The van der Waals surface area contributed by atoms with Gasteiger partial charge in [0.2, 0.25) is 5.91 Å². The average molecular weight is 444 g/mol. The first-order chi connectivity index (χ1) is 15.0. The molecule has 0 aliphatic carbocycles. The Morgan fingerprint density at radius 1 is 0.806 bits per heavy atom. The van der Waals surface area contributed by atoms with Gasteiger partial charge in [0.15, 0.2) is 6.23 Å². The minimum atomic E-state index is -1.47. The SMILES string of the molecule is CCCCCC/C=C\CCCCCCCCCC(=O)NC1O[C@H](CO)[C@@H](O)[C@H](O)[C@H]1O. The monoisotopic (exact) mass is 443 g/mol. The molecule has 31 heavy (non-hydrogen) atoms. The van der Waals surface area contributed by atoms with Crippen LogP contribution in [0.15, 0.2) is 12.2 Å². The number of allylic oxidation sites excluding steroid dienone is 2. The Kier molecular flexibility index (Phi) is 15.9. The van der Waals surface area contributed by atoms with Crippen LogP contribution in [-0.2, 0) is 9.53 Å². The lowest BCUT2D eigenvalue weighted by molar-refractivity contribution is -0.236. The van der Waals surface area contributed by atoms with Crippen LogP contribution in [0.5, 0.6) is 0 Å². The molecule has 1 aliphatic rings. The summed E-state index contributed by atoms with van der Waals surface area (Å²) in [7, 11) is 0. The van der Waals surface area contributed by atoms with E-state index in [9.17, 15) is 25.2 Å². The first kappa shape index (κ1) is 28.0. The molecule has 1 amide bonds. The van der Waals surface area contributed by atoms with Gasteiger partial charge in [-0.05, 0) is 32.1 Å². The van der Waals surface area contributed by atoms with Crippen molar-refractivity contribution >= 4 is 5.91 Å². The zero-order valence-corrected chi connectivity index (χ0v) is 19.3. The summed E-state index contributed by atoms with van der Waals surface area (Å²) in [6.07, 6.45) is 13.9. The Morgan fingerprint density at radius 3 is 1.94 bits per heavy atom. The van der Waals surface area contributed by atoms with Gasteiger partial charge in [-0.2, -0.15) is 0 Å². The van der Waals surface area contributed by atoms with E-state index in [1.54, 1.807) is 0 Å². The van der Waals surface area contributed by atoms with Crippen molar-refractivity contribution in [3.05, 3.63) is 12.2 Å². The predicted molar refractivity (Wildman–Crippen MR) is 121 cm³/mol. The molecule has 0 spiro atoms. The van der Waals surface area contributed by atoms with Crippen molar-refractivity contribution < 1.29 is 30.0 Å². The van der Waals surface area contributed by atoms with Crippen LogP contribution in [0, 0.1) is 0 Å². The van der Waals surface area contributed by atoms with Crippen LogP contribution in [-0.4, -0.2) is 63.6 Å². The number of hydrogen-bond donors (Lipinski definition) is 5. The van der Waals surface area contributed by atoms with Gasteiger partial charge in [0.05, 0.1) is 6.61 Å². The van der Waals surface area contributed by atoms with Crippen LogP contribution in [0.1, 0.15) is 96.8 Å². The molecular weight excluding hydrogens is 398 g/mol. The van der Waals surface area contributed by atoms with Gasteiger partial charge in [0.1, 0.15) is 24.4 Å². The molecule has 1 aliphatic heterocycles. The Bertz CT molecular complexity index is 485. The number of nitrogens with one attached hydrogen (secondary N) is 1. The maximum Gasteiger partial charge on any atom is 0.222 e. The quantitative estimate of drug-likeness (QED) is 0.174. The number of amides is 1. The normalized spacial score (nSPS) is 26.4. The molecule has 1 saturated heterocycles. The zero-order valence-electron chi connectivity index (χ0n) is 19.3. The minimum Gasteiger partial charge on any atom is -0.394 e. The Balaban J connectivity index is 1.98. The van der Waals surface area contributed by atoms with Crippen molar-refractivity contribution in [3.8, 4) is 0 Å². The lowest BCUT2D eigenvalue weighted by Crippen LogP contribution is -2.63. The van der Waals surface area contributed by atoms with Gasteiger partial charge in [0, 0.05) is 6.42 Å². The topological polar surface area (TPSA) is 119 Å². The van der Waals surface area contributed by atoms with Gasteiger partial charge in [0.25, 0.3) is 0 Å². The second-order valence-electron chi connectivity index (χ2n) is 8.65. The Morgan fingerprint density at radius 2 is 1.35 bits per heavy atom. The highest BCUT2D eigenvalue weighted by Crippen LogP contribution is 2.20. The van der Waals surface area contributed by atoms with E-state index in [0.29, 0.717) is 6.42 Å². The standard InChI is InChI=1S/C24H45NO6/c1-2-3-4-5-6-7-8-9-10-11-12-13-14-15-16-17-20(27)25-24-23(30)22(29)21(28)19(18-26)31-24/h7-8,19,21-24,26,28-30H,2-6,9-18H2,1H3,(H,25,27)/b8-7-/t19-,21-,22+,23-,24?/m1/s1. The summed E-state index contributed by atoms with van der Waals surface area (Å²) in [6.45, 7) is 1.73. The Hall–Kier alpha value is -0.990. The highest BCUT2D eigenvalue weighted by molar-refractivity contribution is 5.76. The molecule has 1 heterocycles. The van der Waals surface area contributed by atoms with Gasteiger partial charge >= 0.3 is 0 Å². The highest BCUT2D eigenvalue weighted by atomic mass is 16.6. The maximum atomic E-state index is 12.1. The highest BCUT2D eigenvalue weighted by Gasteiger charge is 2.43. The molecule has 5 atom stereocenters. The molecule has 0 aromatic heterocycles. The molecule has 1 rings (SSSR count). The first-order valence-electron chi connectivity index (χ1n) is 12.3. The molecule has 7 heteroatoms. The number of rotatable bonds is 17. The second kappa shape index (κ2) is 17.6. The third-order valence-electron chi connectivity index (χ3n) is 5.86.